The van der Waals surface area contributed by atoms with E-state index < -0.39 is 10.9 Å². The van der Waals surface area contributed by atoms with Crippen molar-refractivity contribution in [2.24, 2.45) is 17.3 Å². The molecule has 0 spiro atoms. The summed E-state index contributed by atoms with van der Waals surface area (Å²) < 4.78 is 8.72. The van der Waals surface area contributed by atoms with E-state index in [0.29, 0.717) is 30.5 Å². The maximum absolute atomic E-state index is 13.3. The van der Waals surface area contributed by atoms with Gasteiger partial charge in [0, 0.05) is 19.2 Å². The summed E-state index contributed by atoms with van der Waals surface area (Å²) in [5, 5.41) is 22.8. The smallest absolute Gasteiger partial charge is 0.361 e. The number of anilines is 1. The lowest BCUT2D eigenvalue weighted by atomic mass is 9.46. The van der Waals surface area contributed by atoms with Gasteiger partial charge in [-0.2, -0.15) is 10.2 Å². The Morgan fingerprint density at radius 3 is 2.57 bits per heavy atom. The first kappa shape index (κ1) is 23.5. The number of aryl methyl sites for hydroxylation is 1. The molecule has 2 aromatic rings. The number of amides is 1. The number of nitrogens with zero attached hydrogens (tertiary/aromatic N) is 5. The van der Waals surface area contributed by atoms with Crippen LogP contribution in [-0.4, -0.2) is 42.5 Å². The predicted octanol–water partition coefficient (Wildman–Crippen LogP) is 3.90. The van der Waals surface area contributed by atoms with Crippen molar-refractivity contribution in [1.82, 2.24) is 19.6 Å². The molecule has 0 radical (unpaired) electrons. The zero-order valence-electron chi connectivity index (χ0n) is 20.4. The third-order valence-corrected chi connectivity index (χ3v) is 7.85. The summed E-state index contributed by atoms with van der Waals surface area (Å²) in [5.74, 6) is 0.248. The van der Waals surface area contributed by atoms with Crippen LogP contribution >= 0.6 is 0 Å². The number of aromatic nitrogens is 4. The number of esters is 1. The van der Waals surface area contributed by atoms with Crippen LogP contribution in [0.4, 0.5) is 11.4 Å². The fraction of sp³-hybridized carbons (Fsp3) is 0.667. The molecule has 188 valence electrons. The number of hydrogen-bond donors (Lipinski definition) is 1. The molecule has 0 aliphatic heterocycles. The fourth-order valence-corrected chi connectivity index (χ4v) is 7.17. The van der Waals surface area contributed by atoms with Crippen molar-refractivity contribution in [3.05, 3.63) is 34.4 Å². The van der Waals surface area contributed by atoms with Gasteiger partial charge >= 0.3 is 11.7 Å². The van der Waals surface area contributed by atoms with Crippen LogP contribution in [0.15, 0.2) is 18.6 Å². The van der Waals surface area contributed by atoms with Gasteiger partial charge in [-0.25, -0.2) is 4.79 Å². The highest BCUT2D eigenvalue weighted by Gasteiger charge is 2.59. The normalized spacial score (nSPS) is 28.9. The average Bonchev–Trinajstić information content (AvgIpc) is 3.39. The van der Waals surface area contributed by atoms with Crippen LogP contribution in [0.2, 0.25) is 0 Å². The molecule has 2 heterocycles. The largest absolute Gasteiger partial charge is 0.458 e. The number of carbonyl (C=O) groups excluding carboxylic acids is 2. The Morgan fingerprint density at radius 1 is 1.26 bits per heavy atom. The summed E-state index contributed by atoms with van der Waals surface area (Å²) in [5.41, 5.74) is 0.0114. The van der Waals surface area contributed by atoms with E-state index in [4.69, 9.17) is 4.74 Å². The second-order valence-electron chi connectivity index (χ2n) is 11.0. The van der Waals surface area contributed by atoms with Crippen molar-refractivity contribution in [3.63, 3.8) is 0 Å². The predicted molar refractivity (Wildman–Crippen MR) is 126 cm³/mol. The maximum atomic E-state index is 13.3. The second kappa shape index (κ2) is 8.46. The molecule has 4 fully saturated rings. The van der Waals surface area contributed by atoms with E-state index in [-0.39, 0.29) is 34.3 Å². The molecule has 4 aliphatic rings. The van der Waals surface area contributed by atoms with Gasteiger partial charge in [0.25, 0.3) is 0 Å². The van der Waals surface area contributed by atoms with Crippen molar-refractivity contribution < 1.29 is 19.2 Å². The van der Waals surface area contributed by atoms with Crippen LogP contribution in [-0.2, 0) is 21.6 Å². The van der Waals surface area contributed by atoms with Crippen molar-refractivity contribution in [2.75, 3.05) is 5.32 Å². The Labute approximate surface area is 203 Å². The number of carbonyl (C=O) groups is 2. The second-order valence-corrected chi connectivity index (χ2v) is 11.0. The van der Waals surface area contributed by atoms with Gasteiger partial charge in [-0.1, -0.05) is 0 Å². The third-order valence-electron chi connectivity index (χ3n) is 7.85. The molecule has 4 aliphatic carbocycles. The van der Waals surface area contributed by atoms with E-state index in [1.54, 1.807) is 35.6 Å². The number of hydrogen-bond acceptors (Lipinski definition) is 7. The van der Waals surface area contributed by atoms with Crippen molar-refractivity contribution >= 4 is 23.3 Å². The topological polar surface area (TPSA) is 134 Å². The highest BCUT2D eigenvalue weighted by Crippen LogP contribution is 2.65. The summed E-state index contributed by atoms with van der Waals surface area (Å²) in [6.07, 6.45) is 10.3. The van der Waals surface area contributed by atoms with Gasteiger partial charge in [-0.3, -0.25) is 24.3 Å². The van der Waals surface area contributed by atoms with Gasteiger partial charge in [-0.15, -0.1) is 0 Å². The van der Waals surface area contributed by atoms with Crippen molar-refractivity contribution in [3.8, 4) is 0 Å². The molecule has 4 saturated carbocycles. The zero-order valence-corrected chi connectivity index (χ0v) is 20.4. The highest BCUT2D eigenvalue weighted by atomic mass is 16.6. The van der Waals surface area contributed by atoms with Crippen LogP contribution < -0.4 is 5.32 Å². The van der Waals surface area contributed by atoms with Gasteiger partial charge < -0.3 is 10.1 Å². The quantitative estimate of drug-likeness (QED) is 0.341. The summed E-state index contributed by atoms with van der Waals surface area (Å²) in [6.45, 7) is 6.00. The molecule has 0 aromatic carbocycles. The minimum Gasteiger partial charge on any atom is -0.458 e. The molecule has 11 heteroatoms. The van der Waals surface area contributed by atoms with E-state index in [9.17, 15) is 19.7 Å². The molecule has 1 N–H and O–H groups in total. The Balaban J connectivity index is 1.36. The summed E-state index contributed by atoms with van der Waals surface area (Å²) >= 11 is 0. The van der Waals surface area contributed by atoms with Crippen LogP contribution in [0.5, 0.6) is 0 Å². The molecule has 6 rings (SSSR count). The van der Waals surface area contributed by atoms with Crippen LogP contribution in [0.1, 0.15) is 76.2 Å². The number of nitro groups is 1. The summed E-state index contributed by atoms with van der Waals surface area (Å²) in [7, 11) is 0. The van der Waals surface area contributed by atoms with Crippen LogP contribution in [0.3, 0.4) is 0 Å². The lowest BCUT2D eigenvalue weighted by Gasteiger charge is -2.61. The lowest BCUT2D eigenvalue weighted by Crippen LogP contribution is -2.57. The van der Waals surface area contributed by atoms with Gasteiger partial charge in [0.2, 0.25) is 5.91 Å². The van der Waals surface area contributed by atoms with Gasteiger partial charge in [0.05, 0.1) is 22.3 Å². The minimum atomic E-state index is -0.559. The first-order valence-corrected chi connectivity index (χ1v) is 12.4. The van der Waals surface area contributed by atoms with E-state index in [0.717, 1.165) is 38.5 Å². The number of ether oxygens (including phenoxy) is 1. The minimum absolute atomic E-state index is 0.00119. The molecule has 4 bridgehead atoms. The standard InChI is InChI=1S/C24H32N6O5/c1-4-28-13-19(21(27-28)22(32)35-15(2)3)26-20(31)10-23-6-16-5-17(7-23)9-24(8-16,14-23)29-12-18(11-25-29)30(33)34/h11-13,15-17H,4-10,14H2,1-3H3,(H,26,31). The van der Waals surface area contributed by atoms with Crippen LogP contribution in [0.25, 0.3) is 0 Å². The average molecular weight is 485 g/mol. The lowest BCUT2D eigenvalue weighted by molar-refractivity contribution is -0.385. The molecule has 0 saturated heterocycles. The molecule has 11 nitrogen and oxygen atoms in total. The number of rotatable bonds is 8. The van der Waals surface area contributed by atoms with E-state index >= 15 is 0 Å². The van der Waals surface area contributed by atoms with E-state index in [1.807, 2.05) is 6.92 Å². The number of nitrogens with one attached hydrogen (secondary N) is 1. The summed E-state index contributed by atoms with van der Waals surface area (Å²) in [4.78, 5) is 36.7. The molecule has 2 aromatic heterocycles. The Hall–Kier alpha value is -3.24. The molecule has 35 heavy (non-hydrogen) atoms. The van der Waals surface area contributed by atoms with Crippen molar-refractivity contribution in [1.29, 1.82) is 0 Å². The van der Waals surface area contributed by atoms with Crippen LogP contribution in [0, 0.1) is 27.4 Å². The highest BCUT2D eigenvalue weighted by molar-refractivity contribution is 6.00. The SMILES string of the molecule is CCn1cc(NC(=O)CC23CC4CC(C2)CC(n2cc([N+](=O)[O-])cn2)(C4)C3)c(C(=O)OC(C)C)n1. The molecule has 1 amide bonds. The Kier molecular flexibility index (Phi) is 5.68. The van der Waals surface area contributed by atoms with Gasteiger partial charge in [-0.05, 0) is 76.5 Å². The van der Waals surface area contributed by atoms with Gasteiger partial charge in [0.1, 0.15) is 12.4 Å². The Bertz CT molecular complexity index is 1150. The molecular weight excluding hydrogens is 452 g/mol. The first-order valence-electron chi connectivity index (χ1n) is 12.4. The van der Waals surface area contributed by atoms with E-state index in [2.05, 4.69) is 15.5 Å². The molecular formula is C24H32N6O5. The van der Waals surface area contributed by atoms with E-state index in [1.165, 1.54) is 6.20 Å². The molecule has 2 unspecified atom stereocenters. The zero-order chi connectivity index (χ0) is 25.0. The first-order chi connectivity index (χ1) is 16.6. The van der Waals surface area contributed by atoms with Crippen molar-refractivity contribution in [2.45, 2.75) is 83.9 Å². The fourth-order valence-electron chi connectivity index (χ4n) is 7.17. The summed E-state index contributed by atoms with van der Waals surface area (Å²) in [6, 6.07) is 0. The third kappa shape index (κ3) is 4.32. The Morgan fingerprint density at radius 2 is 1.97 bits per heavy atom. The molecule has 2 atom stereocenters. The monoisotopic (exact) mass is 484 g/mol. The maximum Gasteiger partial charge on any atom is 0.361 e. The van der Waals surface area contributed by atoms with Gasteiger partial charge in [0.15, 0.2) is 5.69 Å².